The molecule has 0 aromatic heterocycles. The first-order chi connectivity index (χ1) is 9.11. The Morgan fingerprint density at radius 2 is 2.16 bits per heavy atom. The molecule has 104 valence electrons. The Bertz CT molecular complexity index is 438. The minimum Gasteiger partial charge on any atom is -0.393 e. The van der Waals surface area contributed by atoms with Gasteiger partial charge in [-0.25, -0.2) is 0 Å². The molecule has 1 saturated heterocycles. The van der Waals surface area contributed by atoms with Crippen LogP contribution in [0.1, 0.15) is 35.7 Å². The van der Waals surface area contributed by atoms with Crippen molar-refractivity contribution in [2.45, 2.75) is 32.4 Å². The number of amides is 1. The van der Waals surface area contributed by atoms with E-state index in [2.05, 4.69) is 0 Å². The van der Waals surface area contributed by atoms with Crippen molar-refractivity contribution in [2.75, 3.05) is 13.1 Å². The fourth-order valence-electron chi connectivity index (χ4n) is 2.60. The minimum absolute atomic E-state index is 0.0688. The molecule has 19 heavy (non-hydrogen) atoms. The molecule has 4 heteroatoms. The third-order valence-corrected chi connectivity index (χ3v) is 3.92. The zero-order valence-electron chi connectivity index (χ0n) is 11.4. The summed E-state index contributed by atoms with van der Waals surface area (Å²) >= 11 is 0. The zero-order valence-corrected chi connectivity index (χ0v) is 11.4. The third kappa shape index (κ3) is 3.33. The Kier molecular flexibility index (Phi) is 4.56. The molecule has 1 heterocycles. The van der Waals surface area contributed by atoms with Gasteiger partial charge in [-0.3, -0.25) is 4.79 Å². The van der Waals surface area contributed by atoms with Crippen LogP contribution in [0.3, 0.4) is 0 Å². The van der Waals surface area contributed by atoms with E-state index >= 15 is 0 Å². The summed E-state index contributed by atoms with van der Waals surface area (Å²) in [5.41, 5.74) is 7.28. The number of nitrogens with two attached hydrogens (primary N) is 1. The maximum Gasteiger partial charge on any atom is 0.253 e. The van der Waals surface area contributed by atoms with Crippen molar-refractivity contribution in [2.24, 2.45) is 11.7 Å². The minimum atomic E-state index is -0.280. The summed E-state index contributed by atoms with van der Waals surface area (Å²) in [6.07, 6.45) is 1.47. The van der Waals surface area contributed by atoms with Crippen LogP contribution in [0.4, 0.5) is 0 Å². The normalized spacial score (nSPS) is 18.4. The van der Waals surface area contributed by atoms with Gasteiger partial charge in [-0.15, -0.1) is 0 Å². The predicted molar refractivity (Wildman–Crippen MR) is 74.6 cm³/mol. The average Bonchev–Trinajstić information content (AvgIpc) is 2.46. The Morgan fingerprint density at radius 1 is 1.47 bits per heavy atom. The second kappa shape index (κ2) is 6.17. The van der Waals surface area contributed by atoms with Crippen LogP contribution in [-0.2, 0) is 6.54 Å². The van der Waals surface area contributed by atoms with Gasteiger partial charge in [0.15, 0.2) is 0 Å². The molecule has 1 aliphatic rings. The van der Waals surface area contributed by atoms with Gasteiger partial charge in [0.25, 0.3) is 5.91 Å². The third-order valence-electron chi connectivity index (χ3n) is 3.92. The summed E-state index contributed by atoms with van der Waals surface area (Å²) in [7, 11) is 0. The number of likely N-dealkylation sites (tertiary alicyclic amines) is 1. The van der Waals surface area contributed by atoms with Crippen LogP contribution >= 0.6 is 0 Å². The van der Waals surface area contributed by atoms with Gasteiger partial charge in [0.05, 0.1) is 6.10 Å². The number of hydrogen-bond acceptors (Lipinski definition) is 3. The Balaban J connectivity index is 2.01. The Hall–Kier alpha value is -1.39. The highest BCUT2D eigenvalue weighted by molar-refractivity contribution is 5.94. The van der Waals surface area contributed by atoms with Crippen LogP contribution in [0.2, 0.25) is 0 Å². The number of aliphatic hydroxyl groups is 1. The first-order valence-corrected chi connectivity index (χ1v) is 6.88. The highest BCUT2D eigenvalue weighted by Crippen LogP contribution is 2.22. The van der Waals surface area contributed by atoms with Crippen LogP contribution in [0, 0.1) is 5.92 Å². The summed E-state index contributed by atoms with van der Waals surface area (Å²) in [5, 5.41) is 9.57. The molecule has 0 bridgehead atoms. The van der Waals surface area contributed by atoms with Crippen molar-refractivity contribution >= 4 is 5.91 Å². The smallest absolute Gasteiger partial charge is 0.253 e. The molecular weight excluding hydrogens is 240 g/mol. The number of nitrogens with zero attached hydrogens (tertiary/aromatic N) is 1. The van der Waals surface area contributed by atoms with Crippen molar-refractivity contribution in [1.82, 2.24) is 4.90 Å². The lowest BCUT2D eigenvalue weighted by molar-refractivity contribution is 0.0521. The van der Waals surface area contributed by atoms with Gasteiger partial charge >= 0.3 is 0 Å². The molecule has 1 aliphatic heterocycles. The Labute approximate surface area is 114 Å². The first kappa shape index (κ1) is 14.0. The van der Waals surface area contributed by atoms with Crippen molar-refractivity contribution in [3.05, 3.63) is 35.4 Å². The van der Waals surface area contributed by atoms with Crippen molar-refractivity contribution in [1.29, 1.82) is 0 Å². The molecular formula is C15H22N2O2. The molecule has 4 nitrogen and oxygen atoms in total. The zero-order chi connectivity index (χ0) is 13.8. The van der Waals surface area contributed by atoms with Gasteiger partial charge < -0.3 is 15.7 Å². The van der Waals surface area contributed by atoms with Crippen LogP contribution in [-0.4, -0.2) is 35.1 Å². The lowest BCUT2D eigenvalue weighted by atomic mass is 9.92. The summed E-state index contributed by atoms with van der Waals surface area (Å²) in [6, 6.07) is 7.50. The van der Waals surface area contributed by atoms with Gasteiger partial charge in [0.1, 0.15) is 0 Å². The number of rotatable bonds is 3. The summed E-state index contributed by atoms with van der Waals surface area (Å²) in [4.78, 5) is 14.2. The molecule has 0 spiro atoms. The highest BCUT2D eigenvalue weighted by Gasteiger charge is 2.25. The second-order valence-corrected chi connectivity index (χ2v) is 5.27. The monoisotopic (exact) mass is 262 g/mol. The lowest BCUT2D eigenvalue weighted by Crippen LogP contribution is -2.40. The lowest BCUT2D eigenvalue weighted by Gasteiger charge is -2.33. The van der Waals surface area contributed by atoms with Gasteiger partial charge in [0, 0.05) is 25.2 Å². The average molecular weight is 262 g/mol. The molecule has 0 saturated carbocycles. The number of hydrogen-bond donors (Lipinski definition) is 2. The SMILES string of the molecule is CC(O)C1CCN(C(=O)c2cccc(CN)c2)CC1. The van der Waals surface area contributed by atoms with Crippen LogP contribution in [0.5, 0.6) is 0 Å². The van der Waals surface area contributed by atoms with E-state index in [0.717, 1.165) is 31.5 Å². The summed E-state index contributed by atoms with van der Waals surface area (Å²) in [6.45, 7) is 3.72. The van der Waals surface area contributed by atoms with Crippen molar-refractivity contribution in [3.63, 3.8) is 0 Å². The maximum absolute atomic E-state index is 12.4. The molecule has 1 atom stereocenters. The maximum atomic E-state index is 12.4. The van der Waals surface area contributed by atoms with Gasteiger partial charge in [-0.1, -0.05) is 12.1 Å². The number of carbonyl (C=O) groups excluding carboxylic acids is 1. The van der Waals surface area contributed by atoms with E-state index < -0.39 is 0 Å². The molecule has 1 fully saturated rings. The molecule has 0 aliphatic carbocycles. The van der Waals surface area contributed by atoms with Gasteiger partial charge in [0.2, 0.25) is 0 Å². The number of aliphatic hydroxyl groups excluding tert-OH is 1. The number of piperidine rings is 1. The van der Waals surface area contributed by atoms with E-state index in [0.29, 0.717) is 18.0 Å². The molecule has 1 unspecified atom stereocenters. The fourth-order valence-corrected chi connectivity index (χ4v) is 2.60. The van der Waals surface area contributed by atoms with E-state index in [-0.39, 0.29) is 12.0 Å². The number of carbonyl (C=O) groups is 1. The molecule has 0 radical (unpaired) electrons. The standard InChI is InChI=1S/C15H22N2O2/c1-11(18)13-5-7-17(8-6-13)15(19)14-4-2-3-12(9-14)10-16/h2-4,9,11,13,18H,5-8,10,16H2,1H3. The van der Waals surface area contributed by atoms with Crippen LogP contribution in [0.15, 0.2) is 24.3 Å². The van der Waals surface area contributed by atoms with Crippen molar-refractivity contribution < 1.29 is 9.90 Å². The van der Waals surface area contributed by atoms with Crippen LogP contribution in [0.25, 0.3) is 0 Å². The van der Waals surface area contributed by atoms with Gasteiger partial charge in [-0.05, 0) is 43.4 Å². The summed E-state index contributed by atoms with van der Waals surface area (Å²) in [5.74, 6) is 0.388. The van der Waals surface area contributed by atoms with E-state index in [1.807, 2.05) is 36.1 Å². The fraction of sp³-hybridized carbons (Fsp3) is 0.533. The molecule has 1 aromatic carbocycles. The van der Waals surface area contributed by atoms with Crippen LogP contribution < -0.4 is 5.73 Å². The Morgan fingerprint density at radius 3 is 2.74 bits per heavy atom. The molecule has 3 N–H and O–H groups in total. The molecule has 1 aromatic rings. The topological polar surface area (TPSA) is 66.6 Å². The number of benzene rings is 1. The molecule has 2 rings (SSSR count). The molecule has 1 amide bonds. The van der Waals surface area contributed by atoms with E-state index in [1.54, 1.807) is 0 Å². The largest absolute Gasteiger partial charge is 0.393 e. The second-order valence-electron chi connectivity index (χ2n) is 5.27. The van der Waals surface area contributed by atoms with E-state index in [9.17, 15) is 9.90 Å². The summed E-state index contributed by atoms with van der Waals surface area (Å²) < 4.78 is 0. The van der Waals surface area contributed by atoms with E-state index in [4.69, 9.17) is 5.73 Å². The first-order valence-electron chi connectivity index (χ1n) is 6.88. The van der Waals surface area contributed by atoms with Gasteiger partial charge in [-0.2, -0.15) is 0 Å². The highest BCUT2D eigenvalue weighted by atomic mass is 16.3. The predicted octanol–water partition coefficient (Wildman–Crippen LogP) is 1.38. The quantitative estimate of drug-likeness (QED) is 0.864. The van der Waals surface area contributed by atoms with Crippen molar-refractivity contribution in [3.8, 4) is 0 Å². The van der Waals surface area contributed by atoms with E-state index in [1.165, 1.54) is 0 Å².